The monoisotopic (exact) mass is 563 g/mol. The number of rotatable bonds is 6. The molecule has 0 amide bonds. The number of fused-ring (bicyclic) bond motifs is 9. The van der Waals surface area contributed by atoms with Crippen molar-refractivity contribution < 1.29 is 33.2 Å². The molecule has 4 aliphatic rings. The number of nitrogens with zero attached hydrogens (tertiary/aromatic N) is 3. The van der Waals surface area contributed by atoms with Crippen LogP contribution in [0, 0.1) is 25.2 Å². The number of piperazine rings is 1. The first-order chi connectivity index (χ1) is 19.8. The molecule has 2 aromatic carbocycles. The third-order valence-electron chi connectivity index (χ3n) is 9.20. The summed E-state index contributed by atoms with van der Waals surface area (Å²) in [7, 11) is 5.36. The van der Waals surface area contributed by atoms with Gasteiger partial charge in [-0.2, -0.15) is 5.26 Å². The van der Waals surface area contributed by atoms with Gasteiger partial charge in [0.2, 0.25) is 6.79 Å². The second-order valence-electron chi connectivity index (χ2n) is 11.3. The third-order valence-corrected chi connectivity index (χ3v) is 9.20. The molecule has 0 aromatic heterocycles. The van der Waals surface area contributed by atoms with Crippen LogP contribution in [0.25, 0.3) is 0 Å². The molecule has 0 N–H and O–H groups in total. The van der Waals surface area contributed by atoms with Crippen LogP contribution in [0.15, 0.2) is 6.07 Å². The Hall–Kier alpha value is -3.52. The second-order valence-corrected chi connectivity index (χ2v) is 11.3. The van der Waals surface area contributed by atoms with Crippen molar-refractivity contribution in [2.45, 2.75) is 77.2 Å². The fourth-order valence-corrected chi connectivity index (χ4v) is 7.76. The van der Waals surface area contributed by atoms with Gasteiger partial charge in [-0.15, -0.1) is 0 Å². The summed E-state index contributed by atoms with van der Waals surface area (Å²) in [6.45, 7) is 7.65. The first-order valence-corrected chi connectivity index (χ1v) is 14.1. The largest absolute Gasteiger partial charge is 0.493 e. The molecule has 2 aromatic rings. The fourth-order valence-electron chi connectivity index (χ4n) is 7.76. The van der Waals surface area contributed by atoms with Crippen LogP contribution in [0.5, 0.6) is 28.7 Å². The minimum atomic E-state index is -0.390. The van der Waals surface area contributed by atoms with Crippen LogP contribution in [0.3, 0.4) is 0 Å². The van der Waals surface area contributed by atoms with Gasteiger partial charge < -0.3 is 28.4 Å². The summed E-state index contributed by atoms with van der Waals surface area (Å²) in [5, 5.41) is 10.7. The van der Waals surface area contributed by atoms with Crippen LogP contribution in [0.1, 0.15) is 65.7 Å². The molecule has 0 spiro atoms. The average molecular weight is 564 g/mol. The molecule has 1 saturated heterocycles. The van der Waals surface area contributed by atoms with E-state index in [0.717, 1.165) is 39.8 Å². The number of esters is 1. The highest BCUT2D eigenvalue weighted by Crippen LogP contribution is 2.59. The molecular weight excluding hydrogens is 526 g/mol. The fraction of sp³-hybridized carbons (Fsp3) is 0.548. The van der Waals surface area contributed by atoms with E-state index in [0.29, 0.717) is 41.6 Å². The Balaban J connectivity index is 1.61. The van der Waals surface area contributed by atoms with Gasteiger partial charge in [-0.3, -0.25) is 14.6 Å². The molecule has 2 bridgehead atoms. The minimum Gasteiger partial charge on any atom is -0.493 e. The Morgan fingerprint density at radius 1 is 1.10 bits per heavy atom. The molecule has 1 fully saturated rings. The van der Waals surface area contributed by atoms with E-state index in [-0.39, 0.29) is 49.8 Å². The average Bonchev–Trinajstić information content (AvgIpc) is 3.43. The zero-order valence-corrected chi connectivity index (χ0v) is 24.7. The van der Waals surface area contributed by atoms with E-state index in [9.17, 15) is 10.1 Å². The van der Waals surface area contributed by atoms with Crippen molar-refractivity contribution in [2.75, 3.05) is 34.9 Å². The molecule has 0 aliphatic carbocycles. The standard InChI is InChI=1S/C31H37N3O7/c1-8-20-25-19(28(41-17(4)35)16(3)29-31(25)40-14-39-29)11-22-26-24-18(10-21(33(26)5)23(12-32)34(20)22)9-15(2)27(37-7)30(24)38-13-36-6/h9,20-23,26H,8,10-11,13-14H2,1-7H3/t20-,21+,22?,23-,26-/m0/s1. The van der Waals surface area contributed by atoms with E-state index in [2.05, 4.69) is 35.9 Å². The third kappa shape index (κ3) is 3.97. The Labute approximate surface area is 240 Å². The quantitative estimate of drug-likeness (QED) is 0.290. The Kier molecular flexibility index (Phi) is 7.00. The Bertz CT molecular complexity index is 1450. The molecular formula is C31H37N3O7. The van der Waals surface area contributed by atoms with Crippen LogP contribution >= 0.6 is 0 Å². The summed E-state index contributed by atoms with van der Waals surface area (Å²) in [4.78, 5) is 17.0. The van der Waals surface area contributed by atoms with E-state index in [1.54, 1.807) is 14.2 Å². The van der Waals surface area contributed by atoms with Crippen LogP contribution in [-0.4, -0.2) is 68.7 Å². The number of carbonyl (C=O) groups excluding carboxylic acids is 1. The molecule has 4 aliphatic heterocycles. The smallest absolute Gasteiger partial charge is 0.308 e. The summed E-state index contributed by atoms with van der Waals surface area (Å²) >= 11 is 0. The summed E-state index contributed by atoms with van der Waals surface area (Å²) in [5.41, 5.74) is 5.83. The van der Waals surface area contributed by atoms with Gasteiger partial charge in [0.15, 0.2) is 29.8 Å². The van der Waals surface area contributed by atoms with Crippen LogP contribution in [0.2, 0.25) is 0 Å². The molecule has 1 unspecified atom stereocenters. The maximum Gasteiger partial charge on any atom is 0.308 e. The van der Waals surface area contributed by atoms with Gasteiger partial charge >= 0.3 is 5.97 Å². The number of methoxy groups -OCH3 is 2. The van der Waals surface area contributed by atoms with Gasteiger partial charge in [-0.05, 0) is 51.3 Å². The van der Waals surface area contributed by atoms with E-state index < -0.39 is 0 Å². The normalized spacial score (nSPS) is 26.0. The highest BCUT2D eigenvalue weighted by molar-refractivity contribution is 5.74. The minimum absolute atomic E-state index is 0.0315. The number of hydrogen-bond acceptors (Lipinski definition) is 10. The second kappa shape index (κ2) is 10.4. The van der Waals surface area contributed by atoms with Gasteiger partial charge in [-0.25, -0.2) is 0 Å². The van der Waals surface area contributed by atoms with Gasteiger partial charge in [0.05, 0.1) is 19.2 Å². The maximum atomic E-state index is 12.3. The van der Waals surface area contributed by atoms with E-state index >= 15 is 0 Å². The highest BCUT2D eigenvalue weighted by Gasteiger charge is 2.56. The number of benzene rings is 2. The highest BCUT2D eigenvalue weighted by atomic mass is 16.7. The zero-order valence-electron chi connectivity index (χ0n) is 24.7. The van der Waals surface area contributed by atoms with E-state index in [4.69, 9.17) is 28.4 Å². The number of hydrogen-bond donors (Lipinski definition) is 0. The van der Waals surface area contributed by atoms with Crippen molar-refractivity contribution in [1.29, 1.82) is 5.26 Å². The molecule has 10 nitrogen and oxygen atoms in total. The van der Waals surface area contributed by atoms with Crippen molar-refractivity contribution in [3.63, 3.8) is 0 Å². The first-order valence-electron chi connectivity index (χ1n) is 14.1. The van der Waals surface area contributed by atoms with Crippen molar-refractivity contribution in [1.82, 2.24) is 9.80 Å². The van der Waals surface area contributed by atoms with Gasteiger partial charge in [0.25, 0.3) is 0 Å². The summed E-state index contributed by atoms with van der Waals surface area (Å²) in [6, 6.07) is 4.07. The predicted molar refractivity (Wildman–Crippen MR) is 149 cm³/mol. The summed E-state index contributed by atoms with van der Waals surface area (Å²) in [6.07, 6.45) is 1.98. The topological polar surface area (TPSA) is 103 Å². The first kappa shape index (κ1) is 27.6. The van der Waals surface area contributed by atoms with Crippen molar-refractivity contribution in [3.8, 4) is 34.8 Å². The van der Waals surface area contributed by atoms with Gasteiger partial charge in [0, 0.05) is 54.4 Å². The summed E-state index contributed by atoms with van der Waals surface area (Å²) < 4.78 is 35.3. The number of nitriles is 1. The Morgan fingerprint density at radius 2 is 1.85 bits per heavy atom. The molecule has 4 heterocycles. The molecule has 0 radical (unpaired) electrons. The van der Waals surface area contributed by atoms with Crippen LogP contribution in [-0.2, 0) is 22.4 Å². The Morgan fingerprint density at radius 3 is 2.51 bits per heavy atom. The predicted octanol–water partition coefficient (Wildman–Crippen LogP) is 4.13. The van der Waals surface area contributed by atoms with Crippen LogP contribution in [0.4, 0.5) is 0 Å². The molecule has 10 heteroatoms. The lowest BCUT2D eigenvalue weighted by molar-refractivity contribution is -0.132. The lowest BCUT2D eigenvalue weighted by atomic mass is 9.71. The number of aryl methyl sites for hydroxylation is 1. The lowest BCUT2D eigenvalue weighted by Gasteiger charge is -2.60. The summed E-state index contributed by atoms with van der Waals surface area (Å²) in [5.74, 6) is 2.81. The molecule has 41 heavy (non-hydrogen) atoms. The van der Waals surface area contributed by atoms with Crippen LogP contribution < -0.4 is 23.7 Å². The molecule has 218 valence electrons. The van der Waals surface area contributed by atoms with Gasteiger partial charge in [-0.1, -0.05) is 13.0 Å². The SMILES string of the molecule is CC[C@H]1c2c(c(OC(C)=O)c(C)c3c2OCO3)CC2[C@H]3c4c(cc(C)c(OC)c4OCOC)C[C@H]([C@H](C#N)N21)N3C. The molecule has 0 saturated carbocycles. The number of carbonyl (C=O) groups is 1. The maximum absolute atomic E-state index is 12.3. The van der Waals surface area contributed by atoms with E-state index in [1.807, 2.05) is 13.8 Å². The lowest BCUT2D eigenvalue weighted by Crippen LogP contribution is -2.68. The van der Waals surface area contributed by atoms with Crippen molar-refractivity contribution in [2.24, 2.45) is 0 Å². The van der Waals surface area contributed by atoms with Crippen molar-refractivity contribution in [3.05, 3.63) is 39.4 Å². The molecule has 5 atom stereocenters. The zero-order chi connectivity index (χ0) is 29.2. The number of ether oxygens (including phenoxy) is 6. The van der Waals surface area contributed by atoms with E-state index in [1.165, 1.54) is 6.92 Å². The molecule has 6 rings (SSSR count). The van der Waals surface area contributed by atoms with Gasteiger partial charge in [0.1, 0.15) is 11.8 Å². The van der Waals surface area contributed by atoms with Crippen molar-refractivity contribution >= 4 is 5.97 Å². The number of likely N-dealkylation sites (N-methyl/N-ethyl adjacent to an activating group) is 1.